The lowest BCUT2D eigenvalue weighted by molar-refractivity contribution is -0.388. The molecule has 2 rings (SSSR count). The average Bonchev–Trinajstić information content (AvgIpc) is 2.85. The van der Waals surface area contributed by atoms with Crippen LogP contribution in [0.3, 0.4) is 0 Å². The first-order valence-electron chi connectivity index (χ1n) is 5.78. The number of hydrogen-bond donors (Lipinski definition) is 1. The first kappa shape index (κ1) is 16.5. The largest absolute Gasteiger partial charge is 0.423 e. The number of rotatable bonds is 3. The topological polar surface area (TPSA) is 90.7 Å². The van der Waals surface area contributed by atoms with Gasteiger partial charge in [0, 0.05) is 11.8 Å². The number of alkyl halides is 3. The molecule has 120 valence electrons. The maximum atomic E-state index is 12.8. The second-order valence-electron chi connectivity index (χ2n) is 4.59. The molecule has 1 saturated heterocycles. The van der Waals surface area contributed by atoms with Gasteiger partial charge in [-0.25, -0.2) is 0 Å². The maximum Gasteiger partial charge on any atom is 0.423 e. The first-order chi connectivity index (χ1) is 10.1. The molecule has 1 heterocycles. The van der Waals surface area contributed by atoms with Crippen LogP contribution in [0, 0.1) is 10.1 Å². The smallest absolute Gasteiger partial charge is 0.323 e. The lowest BCUT2D eigenvalue weighted by atomic mass is 10.1. The van der Waals surface area contributed by atoms with Gasteiger partial charge >= 0.3 is 6.18 Å². The van der Waals surface area contributed by atoms with E-state index in [1.165, 1.54) is 6.92 Å². The molecule has 0 radical (unpaired) electrons. The molecule has 1 atom stereocenters. The Morgan fingerprint density at radius 1 is 1.50 bits per heavy atom. The average molecular weight is 338 g/mol. The summed E-state index contributed by atoms with van der Waals surface area (Å²) in [5, 5.41) is 12.9. The zero-order chi connectivity index (χ0) is 16.5. The van der Waals surface area contributed by atoms with Gasteiger partial charge in [-0.15, -0.1) is 0 Å². The minimum absolute atomic E-state index is 0.0807. The standard InChI is InChI=1S/C11H9F3N2O5S/c1-10(5-20-22-21-10)9(17)15-6-2-3-8(16(18)19)7(4-6)11(12,13)14/h2-4H,5H2,1H3,(H,15,17)/t10-/m0/s1. The van der Waals surface area contributed by atoms with E-state index in [0.29, 0.717) is 24.5 Å². The van der Waals surface area contributed by atoms with E-state index in [0.717, 1.165) is 6.07 Å². The Kier molecular flexibility index (Phi) is 4.31. The molecule has 1 amide bonds. The van der Waals surface area contributed by atoms with Crippen molar-refractivity contribution in [1.82, 2.24) is 0 Å². The fraction of sp³-hybridized carbons (Fsp3) is 0.364. The van der Waals surface area contributed by atoms with Gasteiger partial charge in [0.2, 0.25) is 0 Å². The fourth-order valence-corrected chi connectivity index (χ4v) is 2.22. The third-order valence-corrected chi connectivity index (χ3v) is 3.49. The highest BCUT2D eigenvalue weighted by Gasteiger charge is 2.42. The molecule has 1 aromatic carbocycles. The number of nitrogens with zero attached hydrogens (tertiary/aromatic N) is 1. The Morgan fingerprint density at radius 2 is 2.18 bits per heavy atom. The van der Waals surface area contributed by atoms with E-state index in [4.69, 9.17) is 8.37 Å². The highest BCUT2D eigenvalue weighted by Crippen LogP contribution is 2.38. The Hall–Kier alpha value is -1.85. The highest BCUT2D eigenvalue weighted by atomic mass is 32.2. The minimum atomic E-state index is -4.92. The van der Waals surface area contributed by atoms with Crippen LogP contribution in [0.2, 0.25) is 0 Å². The predicted octanol–water partition coefficient (Wildman–Crippen LogP) is 2.92. The third-order valence-electron chi connectivity index (χ3n) is 2.84. The molecule has 0 spiro atoms. The summed E-state index contributed by atoms with van der Waals surface area (Å²) in [6.07, 6.45) is -4.92. The van der Waals surface area contributed by atoms with Crippen molar-refractivity contribution in [3.05, 3.63) is 33.9 Å². The van der Waals surface area contributed by atoms with Gasteiger partial charge in [-0.1, -0.05) is 0 Å². The summed E-state index contributed by atoms with van der Waals surface area (Å²) < 4.78 is 48.3. The summed E-state index contributed by atoms with van der Waals surface area (Å²) >= 11 is 0.604. The molecule has 0 unspecified atom stereocenters. The van der Waals surface area contributed by atoms with E-state index < -0.39 is 33.9 Å². The quantitative estimate of drug-likeness (QED) is 0.518. The number of carbonyl (C=O) groups excluding carboxylic acids is 1. The lowest BCUT2D eigenvalue weighted by Crippen LogP contribution is -2.41. The normalized spacial score (nSPS) is 21.6. The molecule has 0 saturated carbocycles. The summed E-state index contributed by atoms with van der Waals surface area (Å²) in [6, 6.07) is 2.20. The molecule has 1 fully saturated rings. The number of nitro groups is 1. The molecule has 1 aromatic rings. The molecule has 0 bridgehead atoms. The Bertz CT molecular complexity index is 616. The van der Waals surface area contributed by atoms with Crippen molar-refractivity contribution in [3.63, 3.8) is 0 Å². The summed E-state index contributed by atoms with van der Waals surface area (Å²) in [6.45, 7) is 1.32. The van der Waals surface area contributed by atoms with Crippen LogP contribution in [0.4, 0.5) is 24.5 Å². The Morgan fingerprint density at radius 3 is 2.68 bits per heavy atom. The van der Waals surface area contributed by atoms with Gasteiger partial charge in [0.1, 0.15) is 12.2 Å². The molecule has 22 heavy (non-hydrogen) atoms. The van der Waals surface area contributed by atoms with Crippen LogP contribution in [-0.4, -0.2) is 23.0 Å². The van der Waals surface area contributed by atoms with Gasteiger partial charge in [0.05, 0.1) is 4.92 Å². The Labute approximate surface area is 126 Å². The number of amides is 1. The van der Waals surface area contributed by atoms with Gasteiger partial charge in [0.25, 0.3) is 11.6 Å². The van der Waals surface area contributed by atoms with Crippen LogP contribution < -0.4 is 5.32 Å². The summed E-state index contributed by atoms with van der Waals surface area (Å²) in [7, 11) is 0. The molecule has 11 heteroatoms. The molecular formula is C11H9F3N2O5S. The van der Waals surface area contributed by atoms with Crippen LogP contribution in [0.15, 0.2) is 18.2 Å². The summed E-state index contributed by atoms with van der Waals surface area (Å²) in [5.41, 5.74) is -4.12. The van der Waals surface area contributed by atoms with Crippen LogP contribution in [0.5, 0.6) is 0 Å². The van der Waals surface area contributed by atoms with Gasteiger partial charge in [-0.05, 0) is 19.1 Å². The molecule has 0 aromatic heterocycles. The number of nitro benzene ring substituents is 1. The van der Waals surface area contributed by atoms with Gasteiger partial charge in [-0.3, -0.25) is 23.3 Å². The number of halogens is 3. The fourth-order valence-electron chi connectivity index (χ4n) is 1.63. The van der Waals surface area contributed by atoms with Gasteiger partial charge in [0.15, 0.2) is 17.9 Å². The predicted molar refractivity (Wildman–Crippen MR) is 69.8 cm³/mol. The van der Waals surface area contributed by atoms with Crippen molar-refractivity contribution in [1.29, 1.82) is 0 Å². The number of anilines is 1. The van der Waals surface area contributed by atoms with Crippen molar-refractivity contribution in [2.75, 3.05) is 11.9 Å². The van der Waals surface area contributed by atoms with E-state index in [-0.39, 0.29) is 12.3 Å². The van der Waals surface area contributed by atoms with E-state index in [9.17, 15) is 28.1 Å². The number of hydrogen-bond acceptors (Lipinski definition) is 6. The molecule has 1 N–H and O–H groups in total. The lowest BCUT2D eigenvalue weighted by Gasteiger charge is -2.19. The molecule has 1 aliphatic heterocycles. The van der Waals surface area contributed by atoms with Crippen molar-refractivity contribution >= 4 is 29.6 Å². The SMILES string of the molecule is C[C@@]1(C(=O)Nc2ccc([N+](=O)[O-])c(C(F)(F)F)c2)COSO1. The number of carbonyl (C=O) groups is 1. The van der Waals surface area contributed by atoms with E-state index in [1.54, 1.807) is 0 Å². The maximum absolute atomic E-state index is 12.8. The van der Waals surface area contributed by atoms with Crippen LogP contribution in [-0.2, 0) is 19.3 Å². The number of nitrogens with one attached hydrogen (secondary N) is 1. The van der Waals surface area contributed by atoms with Crippen molar-refractivity contribution in [2.24, 2.45) is 0 Å². The van der Waals surface area contributed by atoms with Crippen molar-refractivity contribution in [2.45, 2.75) is 18.7 Å². The molecule has 1 aliphatic rings. The monoisotopic (exact) mass is 338 g/mol. The van der Waals surface area contributed by atoms with Crippen molar-refractivity contribution < 1.29 is 31.3 Å². The third kappa shape index (κ3) is 3.31. The van der Waals surface area contributed by atoms with Gasteiger partial charge in [-0.2, -0.15) is 13.2 Å². The van der Waals surface area contributed by atoms with E-state index in [1.807, 2.05) is 0 Å². The van der Waals surface area contributed by atoms with E-state index >= 15 is 0 Å². The van der Waals surface area contributed by atoms with Crippen LogP contribution >= 0.6 is 12.3 Å². The summed E-state index contributed by atoms with van der Waals surface area (Å²) in [5.74, 6) is -0.723. The second kappa shape index (κ2) is 5.74. The van der Waals surface area contributed by atoms with Crippen molar-refractivity contribution in [3.8, 4) is 0 Å². The molecular weight excluding hydrogens is 329 g/mol. The highest BCUT2D eigenvalue weighted by molar-refractivity contribution is 7.90. The zero-order valence-electron chi connectivity index (χ0n) is 11.0. The van der Waals surface area contributed by atoms with Gasteiger partial charge < -0.3 is 5.32 Å². The molecule has 7 nitrogen and oxygen atoms in total. The number of benzene rings is 1. The van der Waals surface area contributed by atoms with Crippen LogP contribution in [0.1, 0.15) is 12.5 Å². The first-order valence-corrected chi connectivity index (χ1v) is 6.44. The van der Waals surface area contributed by atoms with E-state index in [2.05, 4.69) is 5.32 Å². The molecule has 0 aliphatic carbocycles. The summed E-state index contributed by atoms with van der Waals surface area (Å²) in [4.78, 5) is 21.5. The zero-order valence-corrected chi connectivity index (χ0v) is 11.8. The second-order valence-corrected chi connectivity index (χ2v) is 5.12. The minimum Gasteiger partial charge on any atom is -0.323 e. The van der Waals surface area contributed by atoms with Crippen LogP contribution in [0.25, 0.3) is 0 Å². The Balaban J connectivity index is 2.29.